The van der Waals surface area contributed by atoms with E-state index in [-0.39, 0.29) is 0 Å². The highest BCUT2D eigenvalue weighted by Gasteiger charge is 2.21. The normalized spacial score (nSPS) is 20.4. The Kier molecular flexibility index (Phi) is 3.37. The topological polar surface area (TPSA) is 3.24 Å². The molecule has 2 rings (SSSR count). The molecule has 0 saturated carbocycles. The van der Waals surface area contributed by atoms with Crippen molar-refractivity contribution in [3.63, 3.8) is 0 Å². The van der Waals surface area contributed by atoms with Crippen molar-refractivity contribution in [2.24, 2.45) is 0 Å². The van der Waals surface area contributed by atoms with Gasteiger partial charge in [0.1, 0.15) is 0 Å². The Balaban J connectivity index is 2.30. The summed E-state index contributed by atoms with van der Waals surface area (Å²) >= 11 is 1.88. The fraction of sp³-hybridized carbons (Fsp3) is 0.538. The molecule has 1 aromatic carbocycles. The summed E-state index contributed by atoms with van der Waals surface area (Å²) in [6, 6.07) is 7.47. The van der Waals surface area contributed by atoms with E-state index >= 15 is 0 Å². The number of fused-ring (bicyclic) bond motifs is 1. The Morgan fingerprint density at radius 2 is 2.13 bits per heavy atom. The molecular formula is C13H19NS. The number of likely N-dealkylation sites (N-methyl/N-ethyl adjacent to an activating group) is 1. The highest BCUT2D eigenvalue weighted by Crippen LogP contribution is 2.30. The number of thioether (sulfide) groups is 1. The van der Waals surface area contributed by atoms with Crippen molar-refractivity contribution in [3.8, 4) is 0 Å². The summed E-state index contributed by atoms with van der Waals surface area (Å²) in [4.78, 5) is 3.83. The minimum absolute atomic E-state index is 0.728. The SMILES string of the molecule is CSc1cccc2c1CC(N(C)C)CC2. The smallest absolute Gasteiger partial charge is 0.0133 e. The van der Waals surface area contributed by atoms with Crippen molar-refractivity contribution < 1.29 is 0 Å². The first-order valence-corrected chi connectivity index (χ1v) is 6.76. The highest BCUT2D eigenvalue weighted by atomic mass is 32.2. The van der Waals surface area contributed by atoms with Gasteiger partial charge in [-0.15, -0.1) is 11.8 Å². The van der Waals surface area contributed by atoms with Gasteiger partial charge in [0.25, 0.3) is 0 Å². The third-order valence-corrected chi connectivity index (χ3v) is 4.19. The van der Waals surface area contributed by atoms with E-state index in [1.165, 1.54) is 24.2 Å². The lowest BCUT2D eigenvalue weighted by molar-refractivity contribution is 0.267. The molecule has 0 fully saturated rings. The standard InChI is InChI=1S/C13H19NS/c1-14(2)11-8-7-10-5-4-6-13(15-3)12(10)9-11/h4-6,11H,7-9H2,1-3H3. The fourth-order valence-corrected chi connectivity index (χ4v) is 3.04. The third-order valence-electron chi connectivity index (χ3n) is 3.37. The van der Waals surface area contributed by atoms with Crippen LogP contribution in [0.15, 0.2) is 23.1 Å². The second-order valence-corrected chi connectivity index (χ2v) is 5.31. The number of rotatable bonds is 2. The molecule has 0 amide bonds. The molecule has 0 N–H and O–H groups in total. The molecule has 0 heterocycles. The lowest BCUT2D eigenvalue weighted by Crippen LogP contribution is -2.33. The minimum atomic E-state index is 0.728. The summed E-state index contributed by atoms with van der Waals surface area (Å²) in [5, 5.41) is 0. The summed E-state index contributed by atoms with van der Waals surface area (Å²) in [6.07, 6.45) is 5.94. The van der Waals surface area contributed by atoms with Crippen molar-refractivity contribution >= 4 is 11.8 Å². The molecular weight excluding hydrogens is 202 g/mol. The molecule has 0 bridgehead atoms. The van der Waals surface area contributed by atoms with Crippen LogP contribution in [0.2, 0.25) is 0 Å². The van der Waals surface area contributed by atoms with E-state index in [1.807, 2.05) is 11.8 Å². The molecule has 82 valence electrons. The highest BCUT2D eigenvalue weighted by molar-refractivity contribution is 7.98. The summed E-state index contributed by atoms with van der Waals surface area (Å²) in [5.41, 5.74) is 3.16. The molecule has 15 heavy (non-hydrogen) atoms. The van der Waals surface area contributed by atoms with Gasteiger partial charge in [-0.3, -0.25) is 0 Å². The number of nitrogens with zero attached hydrogens (tertiary/aromatic N) is 1. The average molecular weight is 221 g/mol. The van der Waals surface area contributed by atoms with Gasteiger partial charge in [0.05, 0.1) is 0 Å². The van der Waals surface area contributed by atoms with E-state index in [4.69, 9.17) is 0 Å². The predicted molar refractivity (Wildman–Crippen MR) is 67.7 cm³/mol. The quantitative estimate of drug-likeness (QED) is 0.707. The zero-order chi connectivity index (χ0) is 10.8. The van der Waals surface area contributed by atoms with E-state index in [2.05, 4.69) is 43.5 Å². The van der Waals surface area contributed by atoms with E-state index in [0.717, 1.165) is 6.04 Å². The Morgan fingerprint density at radius 3 is 2.80 bits per heavy atom. The summed E-state index contributed by atoms with van der Waals surface area (Å²) in [6.45, 7) is 0. The molecule has 0 aliphatic heterocycles. The van der Waals surface area contributed by atoms with Crippen LogP contribution in [0.3, 0.4) is 0 Å². The molecule has 0 saturated heterocycles. The van der Waals surface area contributed by atoms with Crippen LogP contribution in [0.5, 0.6) is 0 Å². The number of hydrogen-bond acceptors (Lipinski definition) is 2. The molecule has 0 radical (unpaired) electrons. The largest absolute Gasteiger partial charge is 0.306 e. The molecule has 1 unspecified atom stereocenters. The summed E-state index contributed by atoms with van der Waals surface area (Å²) < 4.78 is 0. The lowest BCUT2D eigenvalue weighted by atomic mass is 9.88. The Bertz CT molecular complexity index is 332. The van der Waals surface area contributed by atoms with Gasteiger partial charge in [-0.25, -0.2) is 0 Å². The van der Waals surface area contributed by atoms with Crippen LogP contribution in [-0.4, -0.2) is 31.3 Å². The monoisotopic (exact) mass is 221 g/mol. The second-order valence-electron chi connectivity index (χ2n) is 4.46. The van der Waals surface area contributed by atoms with E-state index in [0.29, 0.717) is 0 Å². The van der Waals surface area contributed by atoms with E-state index in [9.17, 15) is 0 Å². The zero-order valence-electron chi connectivity index (χ0n) is 9.79. The van der Waals surface area contributed by atoms with Crippen LogP contribution in [0.4, 0.5) is 0 Å². The lowest BCUT2D eigenvalue weighted by Gasteiger charge is -2.30. The van der Waals surface area contributed by atoms with Crippen molar-refractivity contribution in [1.29, 1.82) is 0 Å². The maximum absolute atomic E-state index is 2.36. The number of hydrogen-bond donors (Lipinski definition) is 0. The minimum Gasteiger partial charge on any atom is -0.306 e. The van der Waals surface area contributed by atoms with Crippen LogP contribution in [0, 0.1) is 0 Å². The molecule has 0 spiro atoms. The van der Waals surface area contributed by atoms with Crippen molar-refractivity contribution in [3.05, 3.63) is 29.3 Å². The van der Waals surface area contributed by atoms with Crippen LogP contribution < -0.4 is 0 Å². The van der Waals surface area contributed by atoms with E-state index in [1.54, 1.807) is 11.1 Å². The maximum atomic E-state index is 2.36. The predicted octanol–water partition coefficient (Wildman–Crippen LogP) is 2.83. The Morgan fingerprint density at radius 1 is 1.33 bits per heavy atom. The maximum Gasteiger partial charge on any atom is 0.0133 e. The van der Waals surface area contributed by atoms with Gasteiger partial charge in [0.2, 0.25) is 0 Å². The number of aryl methyl sites for hydroxylation is 1. The van der Waals surface area contributed by atoms with Gasteiger partial charge in [0, 0.05) is 10.9 Å². The Hall–Kier alpha value is -0.470. The molecule has 2 heteroatoms. The first-order chi connectivity index (χ1) is 7.22. The van der Waals surface area contributed by atoms with Crippen LogP contribution in [-0.2, 0) is 12.8 Å². The first kappa shape index (κ1) is 11.0. The second kappa shape index (κ2) is 4.58. The summed E-state index contributed by atoms with van der Waals surface area (Å²) in [7, 11) is 4.38. The fourth-order valence-electron chi connectivity index (χ4n) is 2.37. The van der Waals surface area contributed by atoms with Crippen LogP contribution in [0.1, 0.15) is 17.5 Å². The molecule has 1 atom stereocenters. The van der Waals surface area contributed by atoms with Gasteiger partial charge in [-0.1, -0.05) is 12.1 Å². The van der Waals surface area contributed by atoms with Gasteiger partial charge >= 0.3 is 0 Å². The van der Waals surface area contributed by atoms with Crippen molar-refractivity contribution in [1.82, 2.24) is 4.90 Å². The average Bonchev–Trinajstić information content (AvgIpc) is 2.27. The third kappa shape index (κ3) is 2.21. The molecule has 1 nitrogen and oxygen atoms in total. The van der Waals surface area contributed by atoms with E-state index < -0.39 is 0 Å². The van der Waals surface area contributed by atoms with Crippen LogP contribution in [0.25, 0.3) is 0 Å². The van der Waals surface area contributed by atoms with Crippen molar-refractivity contribution in [2.75, 3.05) is 20.4 Å². The summed E-state index contributed by atoms with van der Waals surface area (Å²) in [5.74, 6) is 0. The van der Waals surface area contributed by atoms with Gasteiger partial charge in [0.15, 0.2) is 0 Å². The molecule has 1 aromatic rings. The molecule has 1 aliphatic rings. The molecule has 1 aliphatic carbocycles. The number of benzene rings is 1. The van der Waals surface area contributed by atoms with Gasteiger partial charge in [-0.2, -0.15) is 0 Å². The van der Waals surface area contributed by atoms with Gasteiger partial charge in [-0.05, 0) is 56.8 Å². The molecule has 0 aromatic heterocycles. The van der Waals surface area contributed by atoms with Crippen molar-refractivity contribution in [2.45, 2.75) is 30.2 Å². The Labute approximate surface area is 96.9 Å². The van der Waals surface area contributed by atoms with Crippen LogP contribution >= 0.6 is 11.8 Å². The zero-order valence-corrected chi connectivity index (χ0v) is 10.6. The van der Waals surface area contributed by atoms with Gasteiger partial charge < -0.3 is 4.90 Å². The first-order valence-electron chi connectivity index (χ1n) is 5.53.